The normalized spacial score (nSPS) is 29.4. The van der Waals surface area contributed by atoms with E-state index in [-0.39, 0.29) is 5.97 Å². The number of piperidine rings is 1. The van der Waals surface area contributed by atoms with Crippen LogP contribution < -0.4 is 0 Å². The van der Waals surface area contributed by atoms with E-state index in [1.165, 1.54) is 6.42 Å². The van der Waals surface area contributed by atoms with Gasteiger partial charge in [-0.15, -0.1) is 0 Å². The summed E-state index contributed by atoms with van der Waals surface area (Å²) in [6, 6.07) is 5.35. The molecule has 0 N–H and O–H groups in total. The Bertz CT molecular complexity index is 524. The van der Waals surface area contributed by atoms with Crippen molar-refractivity contribution < 1.29 is 9.53 Å². The van der Waals surface area contributed by atoms with Crippen molar-refractivity contribution in [3.8, 4) is 0 Å². The predicted molar refractivity (Wildman–Crippen MR) is 79.2 cm³/mol. The highest BCUT2D eigenvalue weighted by molar-refractivity contribution is 6.35. The van der Waals surface area contributed by atoms with Gasteiger partial charge in [-0.3, -0.25) is 4.90 Å². The van der Waals surface area contributed by atoms with Gasteiger partial charge < -0.3 is 4.74 Å². The van der Waals surface area contributed by atoms with E-state index < -0.39 is 5.72 Å². The van der Waals surface area contributed by atoms with Gasteiger partial charge in [0.15, 0.2) is 5.72 Å². The number of nitrogens with zero attached hydrogens (tertiary/aromatic N) is 1. The minimum Gasteiger partial charge on any atom is -0.440 e. The molecule has 2 atom stereocenters. The van der Waals surface area contributed by atoms with Gasteiger partial charge in [0.25, 0.3) is 0 Å². The molecule has 0 unspecified atom stereocenters. The first-order chi connectivity index (χ1) is 9.50. The van der Waals surface area contributed by atoms with E-state index in [4.69, 9.17) is 27.9 Å². The molecule has 2 aliphatic heterocycles. The van der Waals surface area contributed by atoms with Crippen LogP contribution in [0.25, 0.3) is 0 Å². The summed E-state index contributed by atoms with van der Waals surface area (Å²) in [4.78, 5) is 14.6. The summed E-state index contributed by atoms with van der Waals surface area (Å²) in [5, 5.41) is 0.895. The average molecular weight is 314 g/mol. The molecule has 20 heavy (non-hydrogen) atoms. The number of esters is 1. The van der Waals surface area contributed by atoms with Crippen molar-refractivity contribution >= 4 is 29.2 Å². The molecular weight excluding hydrogens is 297 g/mol. The summed E-state index contributed by atoms with van der Waals surface area (Å²) < 4.78 is 5.85. The van der Waals surface area contributed by atoms with Gasteiger partial charge in [0.2, 0.25) is 0 Å². The van der Waals surface area contributed by atoms with Crippen molar-refractivity contribution in [3.63, 3.8) is 0 Å². The molecule has 0 aromatic heterocycles. The first-order valence-electron chi connectivity index (χ1n) is 6.93. The molecule has 2 fully saturated rings. The van der Waals surface area contributed by atoms with Crippen molar-refractivity contribution in [3.05, 3.63) is 33.8 Å². The summed E-state index contributed by atoms with van der Waals surface area (Å²) in [5.41, 5.74) is -0.0197. The molecule has 1 aromatic carbocycles. The molecule has 0 radical (unpaired) electrons. The summed E-state index contributed by atoms with van der Waals surface area (Å²) >= 11 is 11.9. The molecule has 108 valence electrons. The zero-order valence-electron chi connectivity index (χ0n) is 11.4. The van der Waals surface area contributed by atoms with Gasteiger partial charge in [0.05, 0.1) is 5.56 Å². The van der Waals surface area contributed by atoms with Crippen LogP contribution in [0.2, 0.25) is 10.0 Å². The van der Waals surface area contributed by atoms with Crippen LogP contribution in [0.15, 0.2) is 18.2 Å². The van der Waals surface area contributed by atoms with Gasteiger partial charge in [0, 0.05) is 28.9 Å². The maximum atomic E-state index is 12.4. The second-order valence-electron chi connectivity index (χ2n) is 5.69. The molecule has 0 amide bonds. The quantitative estimate of drug-likeness (QED) is 0.769. The van der Waals surface area contributed by atoms with E-state index in [0.29, 0.717) is 21.7 Å². The van der Waals surface area contributed by atoms with Gasteiger partial charge in [-0.2, -0.15) is 0 Å². The van der Waals surface area contributed by atoms with E-state index >= 15 is 0 Å². The fraction of sp³-hybridized carbons (Fsp3) is 0.533. The zero-order valence-corrected chi connectivity index (χ0v) is 12.9. The third-order valence-electron chi connectivity index (χ3n) is 4.54. The number of hydrogen-bond donors (Lipinski definition) is 0. The number of ether oxygens (including phenoxy) is 1. The molecule has 3 nitrogen and oxygen atoms in total. The monoisotopic (exact) mass is 313 g/mol. The van der Waals surface area contributed by atoms with E-state index in [2.05, 4.69) is 11.9 Å². The Hall–Kier alpha value is -0.770. The Kier molecular flexibility index (Phi) is 3.69. The van der Waals surface area contributed by atoms with Gasteiger partial charge in [-0.25, -0.2) is 4.79 Å². The van der Waals surface area contributed by atoms with E-state index in [9.17, 15) is 4.79 Å². The molecular formula is C15H17Cl2NO2. The van der Waals surface area contributed by atoms with Gasteiger partial charge in [0.1, 0.15) is 0 Å². The minimum absolute atomic E-state index is 0.344. The second kappa shape index (κ2) is 5.21. The highest BCUT2D eigenvalue weighted by Gasteiger charge is 2.49. The molecule has 5 heteroatoms. The SMILES string of the molecule is CN1[C@@H]2CCC[C@@]1(OC(=O)c1cc(Cl)cc(Cl)c1)CC2. The van der Waals surface area contributed by atoms with Crippen molar-refractivity contribution in [1.82, 2.24) is 4.90 Å². The van der Waals surface area contributed by atoms with Crippen LogP contribution in [0.1, 0.15) is 42.5 Å². The molecule has 3 rings (SSSR count). The van der Waals surface area contributed by atoms with E-state index in [0.717, 1.165) is 25.7 Å². The Morgan fingerprint density at radius 1 is 1.25 bits per heavy atom. The summed E-state index contributed by atoms with van der Waals surface area (Å²) in [6.45, 7) is 0. The standard InChI is InChI=1S/C15H17Cl2NO2/c1-18-13-3-2-5-15(18,6-4-13)20-14(19)10-7-11(16)9-12(17)8-10/h7-9,13H,2-6H2,1H3/t13-,15-/m1/s1. The molecule has 0 saturated carbocycles. The highest BCUT2D eigenvalue weighted by atomic mass is 35.5. The number of carbonyl (C=O) groups is 1. The van der Waals surface area contributed by atoms with Crippen molar-refractivity contribution in [2.45, 2.75) is 43.9 Å². The number of rotatable bonds is 2. The van der Waals surface area contributed by atoms with Crippen LogP contribution in [0.5, 0.6) is 0 Å². The third-order valence-corrected chi connectivity index (χ3v) is 4.98. The predicted octanol–water partition coefficient (Wildman–Crippen LogP) is 4.12. The Morgan fingerprint density at radius 3 is 2.65 bits per heavy atom. The van der Waals surface area contributed by atoms with Crippen molar-refractivity contribution in [1.29, 1.82) is 0 Å². The molecule has 0 aliphatic carbocycles. The average Bonchev–Trinajstić information content (AvgIpc) is 2.59. The topological polar surface area (TPSA) is 29.5 Å². The largest absolute Gasteiger partial charge is 0.440 e. The number of carbonyl (C=O) groups excluding carboxylic acids is 1. The molecule has 2 heterocycles. The summed E-state index contributed by atoms with van der Waals surface area (Å²) in [6.07, 6.45) is 5.21. The van der Waals surface area contributed by atoms with Crippen LogP contribution >= 0.6 is 23.2 Å². The fourth-order valence-corrected chi connectivity index (χ4v) is 3.95. The molecule has 2 aliphatic rings. The lowest BCUT2D eigenvalue weighted by molar-refractivity contribution is -0.116. The first kappa shape index (κ1) is 14.2. The lowest BCUT2D eigenvalue weighted by Crippen LogP contribution is -2.50. The van der Waals surface area contributed by atoms with E-state index in [1.54, 1.807) is 18.2 Å². The maximum absolute atomic E-state index is 12.4. The Balaban J connectivity index is 1.82. The molecule has 2 bridgehead atoms. The van der Waals surface area contributed by atoms with Gasteiger partial charge >= 0.3 is 5.97 Å². The fourth-order valence-electron chi connectivity index (χ4n) is 3.43. The smallest absolute Gasteiger partial charge is 0.340 e. The van der Waals surface area contributed by atoms with Crippen LogP contribution in [-0.2, 0) is 4.74 Å². The van der Waals surface area contributed by atoms with Crippen LogP contribution in [0.3, 0.4) is 0 Å². The summed E-state index contributed by atoms with van der Waals surface area (Å²) in [5.74, 6) is -0.344. The second-order valence-corrected chi connectivity index (χ2v) is 6.56. The first-order valence-corrected chi connectivity index (χ1v) is 7.68. The van der Waals surface area contributed by atoms with Gasteiger partial charge in [-0.05, 0) is 44.5 Å². The molecule has 1 aromatic rings. The van der Waals surface area contributed by atoms with Crippen LogP contribution in [0.4, 0.5) is 0 Å². The molecule has 0 spiro atoms. The van der Waals surface area contributed by atoms with Crippen LogP contribution in [-0.4, -0.2) is 29.7 Å². The molecule has 2 saturated heterocycles. The van der Waals surface area contributed by atoms with Crippen molar-refractivity contribution in [2.75, 3.05) is 7.05 Å². The number of halogens is 2. The third kappa shape index (κ3) is 2.43. The van der Waals surface area contributed by atoms with E-state index in [1.807, 2.05) is 0 Å². The lowest BCUT2D eigenvalue weighted by atomic mass is 10.0. The number of benzene rings is 1. The Morgan fingerprint density at radius 2 is 1.95 bits per heavy atom. The highest BCUT2D eigenvalue weighted by Crippen LogP contribution is 2.44. The summed E-state index contributed by atoms with van der Waals surface area (Å²) in [7, 11) is 2.05. The van der Waals surface area contributed by atoms with Gasteiger partial charge in [-0.1, -0.05) is 23.2 Å². The number of fused-ring (bicyclic) bond motifs is 2. The minimum atomic E-state index is -0.436. The number of hydrogen-bond acceptors (Lipinski definition) is 3. The maximum Gasteiger partial charge on any atom is 0.340 e. The Labute approximate surface area is 128 Å². The lowest BCUT2D eigenvalue weighted by Gasteiger charge is -2.41. The van der Waals surface area contributed by atoms with Crippen molar-refractivity contribution in [2.24, 2.45) is 0 Å². The zero-order chi connectivity index (χ0) is 14.3. The van der Waals surface area contributed by atoms with Crippen LogP contribution in [0, 0.1) is 0 Å².